The number of para-hydroxylation sites is 1. The molecule has 2 heteroatoms. The highest BCUT2D eigenvalue weighted by Crippen LogP contribution is 2.37. The van der Waals surface area contributed by atoms with Gasteiger partial charge in [0, 0.05) is 16.6 Å². The van der Waals surface area contributed by atoms with Crippen LogP contribution in [-0.4, -0.2) is 11.5 Å². The average molecular weight is 228 g/mol. The number of H-pyrrole nitrogens is 1. The van der Waals surface area contributed by atoms with E-state index in [9.17, 15) is 0 Å². The summed E-state index contributed by atoms with van der Waals surface area (Å²) in [6.45, 7) is 2.99. The standard InChI is InChI=1S/C15H20N2/c1-2-10-5-3-7-12-14-11(9-16)6-4-8-13(14)17-15(10)12/h3,5,7,11,17H,2,4,6,8-9,16H2,1H3. The first kappa shape index (κ1) is 10.8. The lowest BCUT2D eigenvalue weighted by molar-refractivity contribution is 0.560. The SMILES string of the molecule is CCc1cccc2c3c([nH]c12)CCCC3CN. The number of rotatable bonds is 2. The van der Waals surface area contributed by atoms with Crippen LogP contribution in [0.25, 0.3) is 10.9 Å². The Morgan fingerprint density at radius 2 is 2.29 bits per heavy atom. The molecule has 1 aromatic carbocycles. The van der Waals surface area contributed by atoms with E-state index in [2.05, 4.69) is 30.1 Å². The van der Waals surface area contributed by atoms with Crippen LogP contribution < -0.4 is 5.73 Å². The maximum Gasteiger partial charge on any atom is 0.0491 e. The Bertz CT molecular complexity index is 539. The molecular weight excluding hydrogens is 208 g/mol. The summed E-state index contributed by atoms with van der Waals surface area (Å²) in [5.74, 6) is 0.555. The quantitative estimate of drug-likeness (QED) is 0.814. The van der Waals surface area contributed by atoms with Gasteiger partial charge in [-0.2, -0.15) is 0 Å². The Balaban J connectivity index is 2.27. The molecule has 1 unspecified atom stereocenters. The number of aryl methyl sites for hydroxylation is 2. The van der Waals surface area contributed by atoms with Gasteiger partial charge in [0.05, 0.1) is 0 Å². The summed E-state index contributed by atoms with van der Waals surface area (Å²) in [6, 6.07) is 6.65. The van der Waals surface area contributed by atoms with Crippen LogP contribution in [0.1, 0.15) is 42.5 Å². The second-order valence-electron chi connectivity index (χ2n) is 5.04. The summed E-state index contributed by atoms with van der Waals surface area (Å²) in [6.07, 6.45) is 4.78. The number of nitrogens with one attached hydrogen (secondary N) is 1. The van der Waals surface area contributed by atoms with Crippen molar-refractivity contribution in [3.8, 4) is 0 Å². The predicted octanol–water partition coefficient (Wildman–Crippen LogP) is 3.11. The van der Waals surface area contributed by atoms with Crippen molar-refractivity contribution in [2.75, 3.05) is 6.54 Å². The number of benzene rings is 1. The zero-order valence-corrected chi connectivity index (χ0v) is 10.4. The minimum atomic E-state index is 0.555. The van der Waals surface area contributed by atoms with Gasteiger partial charge < -0.3 is 10.7 Å². The van der Waals surface area contributed by atoms with E-state index in [0.29, 0.717) is 5.92 Å². The molecule has 0 aliphatic heterocycles. The molecule has 2 nitrogen and oxygen atoms in total. The molecule has 0 amide bonds. The van der Waals surface area contributed by atoms with Gasteiger partial charge >= 0.3 is 0 Å². The van der Waals surface area contributed by atoms with Crippen LogP contribution in [0.5, 0.6) is 0 Å². The summed E-state index contributed by atoms with van der Waals surface area (Å²) < 4.78 is 0. The fraction of sp³-hybridized carbons (Fsp3) is 0.467. The second-order valence-corrected chi connectivity index (χ2v) is 5.04. The van der Waals surface area contributed by atoms with Gasteiger partial charge in [0.15, 0.2) is 0 Å². The van der Waals surface area contributed by atoms with Gasteiger partial charge in [-0.15, -0.1) is 0 Å². The minimum Gasteiger partial charge on any atom is -0.358 e. The Kier molecular flexibility index (Phi) is 2.67. The van der Waals surface area contributed by atoms with Gasteiger partial charge in [-0.25, -0.2) is 0 Å². The van der Waals surface area contributed by atoms with Crippen LogP contribution in [0.3, 0.4) is 0 Å². The molecule has 1 aromatic heterocycles. The fourth-order valence-corrected chi connectivity index (χ4v) is 3.22. The zero-order valence-electron chi connectivity index (χ0n) is 10.4. The highest BCUT2D eigenvalue weighted by Gasteiger charge is 2.23. The van der Waals surface area contributed by atoms with Crippen LogP contribution in [0.2, 0.25) is 0 Å². The van der Waals surface area contributed by atoms with Crippen molar-refractivity contribution < 1.29 is 0 Å². The first-order valence-corrected chi connectivity index (χ1v) is 6.67. The largest absolute Gasteiger partial charge is 0.358 e. The molecule has 90 valence electrons. The molecule has 3 rings (SSSR count). The molecule has 1 heterocycles. The maximum absolute atomic E-state index is 5.92. The Labute approximate surface area is 102 Å². The van der Waals surface area contributed by atoms with Crippen molar-refractivity contribution in [3.63, 3.8) is 0 Å². The third kappa shape index (κ3) is 1.59. The lowest BCUT2D eigenvalue weighted by Crippen LogP contribution is -2.17. The number of nitrogens with two attached hydrogens (primary N) is 1. The summed E-state index contributed by atoms with van der Waals surface area (Å²) >= 11 is 0. The highest BCUT2D eigenvalue weighted by atomic mass is 14.7. The van der Waals surface area contributed by atoms with Gasteiger partial charge in [0.2, 0.25) is 0 Å². The highest BCUT2D eigenvalue weighted by molar-refractivity contribution is 5.88. The number of hydrogen-bond donors (Lipinski definition) is 2. The Hall–Kier alpha value is -1.28. The number of hydrogen-bond acceptors (Lipinski definition) is 1. The van der Waals surface area contributed by atoms with Gasteiger partial charge in [0.1, 0.15) is 0 Å². The molecule has 17 heavy (non-hydrogen) atoms. The molecule has 2 aromatic rings. The lowest BCUT2D eigenvalue weighted by atomic mass is 9.85. The lowest BCUT2D eigenvalue weighted by Gasteiger charge is -2.21. The summed E-state index contributed by atoms with van der Waals surface area (Å²) in [5, 5.41) is 1.41. The molecule has 0 saturated carbocycles. The number of fused-ring (bicyclic) bond motifs is 3. The first-order chi connectivity index (χ1) is 8.35. The van der Waals surface area contributed by atoms with E-state index in [1.807, 2.05) is 0 Å². The monoisotopic (exact) mass is 228 g/mol. The van der Waals surface area contributed by atoms with Crippen molar-refractivity contribution in [2.45, 2.75) is 38.5 Å². The number of aromatic nitrogens is 1. The summed E-state index contributed by atoms with van der Waals surface area (Å²) in [4.78, 5) is 3.64. The smallest absolute Gasteiger partial charge is 0.0491 e. The number of aromatic amines is 1. The molecule has 0 fully saturated rings. The van der Waals surface area contributed by atoms with E-state index in [4.69, 9.17) is 5.73 Å². The third-order valence-electron chi connectivity index (χ3n) is 4.09. The summed E-state index contributed by atoms with van der Waals surface area (Å²) in [5.41, 5.74) is 11.6. The second kappa shape index (κ2) is 4.19. The predicted molar refractivity (Wildman–Crippen MR) is 72.4 cm³/mol. The molecule has 1 aliphatic rings. The van der Waals surface area contributed by atoms with Crippen molar-refractivity contribution in [3.05, 3.63) is 35.0 Å². The van der Waals surface area contributed by atoms with Crippen LogP contribution >= 0.6 is 0 Å². The van der Waals surface area contributed by atoms with Crippen molar-refractivity contribution in [1.82, 2.24) is 4.98 Å². The molecule has 0 spiro atoms. The van der Waals surface area contributed by atoms with Crippen molar-refractivity contribution in [1.29, 1.82) is 0 Å². The molecule has 1 atom stereocenters. The summed E-state index contributed by atoms with van der Waals surface area (Å²) in [7, 11) is 0. The van der Waals surface area contributed by atoms with E-state index in [-0.39, 0.29) is 0 Å². The van der Waals surface area contributed by atoms with E-state index in [1.165, 1.54) is 47.0 Å². The minimum absolute atomic E-state index is 0.555. The molecule has 3 N–H and O–H groups in total. The maximum atomic E-state index is 5.92. The molecule has 1 aliphatic carbocycles. The van der Waals surface area contributed by atoms with Crippen LogP contribution in [0.15, 0.2) is 18.2 Å². The average Bonchev–Trinajstić information content (AvgIpc) is 2.76. The fourth-order valence-electron chi connectivity index (χ4n) is 3.22. The van der Waals surface area contributed by atoms with Crippen LogP contribution in [0, 0.1) is 0 Å². The van der Waals surface area contributed by atoms with Crippen molar-refractivity contribution >= 4 is 10.9 Å². The van der Waals surface area contributed by atoms with Crippen molar-refractivity contribution in [2.24, 2.45) is 5.73 Å². The Morgan fingerprint density at radius 3 is 3.06 bits per heavy atom. The van der Waals surface area contributed by atoms with Crippen LogP contribution in [-0.2, 0) is 12.8 Å². The zero-order chi connectivity index (χ0) is 11.8. The normalized spacial score (nSPS) is 19.5. The molecule has 0 saturated heterocycles. The van der Waals surface area contributed by atoms with Gasteiger partial charge in [-0.1, -0.05) is 25.1 Å². The topological polar surface area (TPSA) is 41.8 Å². The third-order valence-corrected chi connectivity index (χ3v) is 4.09. The molecule has 0 radical (unpaired) electrons. The van der Waals surface area contributed by atoms with E-state index in [1.54, 1.807) is 0 Å². The Morgan fingerprint density at radius 1 is 1.41 bits per heavy atom. The van der Waals surface area contributed by atoms with Gasteiger partial charge in [0.25, 0.3) is 0 Å². The molecule has 0 bridgehead atoms. The van der Waals surface area contributed by atoms with Crippen LogP contribution in [0.4, 0.5) is 0 Å². The van der Waals surface area contributed by atoms with Gasteiger partial charge in [-0.05, 0) is 49.3 Å². The van der Waals surface area contributed by atoms with E-state index in [0.717, 1.165) is 13.0 Å². The van der Waals surface area contributed by atoms with E-state index < -0.39 is 0 Å². The van der Waals surface area contributed by atoms with E-state index >= 15 is 0 Å². The van der Waals surface area contributed by atoms with Gasteiger partial charge in [-0.3, -0.25) is 0 Å². The molecular formula is C15H20N2. The first-order valence-electron chi connectivity index (χ1n) is 6.67.